The summed E-state index contributed by atoms with van der Waals surface area (Å²) in [6.07, 6.45) is 4.65. The average Bonchev–Trinajstić information content (AvgIpc) is 2.64. The topological polar surface area (TPSA) is 80.7 Å². The fourth-order valence-corrected chi connectivity index (χ4v) is 3.97. The predicted octanol–water partition coefficient (Wildman–Crippen LogP) is 2.83. The van der Waals surface area contributed by atoms with Crippen LogP contribution < -0.4 is 10.1 Å². The average molecular weight is 384 g/mol. The lowest BCUT2D eigenvalue weighted by molar-refractivity contribution is -0.137. The number of carbonyl (C=O) groups is 1. The number of ether oxygens (including phenoxy) is 2. The highest BCUT2D eigenvalue weighted by Crippen LogP contribution is 2.34. The highest BCUT2D eigenvalue weighted by atomic mass is 16.5. The van der Waals surface area contributed by atoms with E-state index < -0.39 is 5.60 Å². The molecule has 2 aliphatic rings. The van der Waals surface area contributed by atoms with Gasteiger partial charge in [-0.3, -0.25) is 9.78 Å². The molecule has 4 rings (SSSR count). The van der Waals surface area contributed by atoms with Crippen molar-refractivity contribution in [3.05, 3.63) is 36.5 Å². The van der Waals surface area contributed by atoms with Crippen molar-refractivity contribution in [1.29, 1.82) is 0 Å². The van der Waals surface area contributed by atoms with Crippen LogP contribution in [0.5, 0.6) is 5.75 Å². The Kier molecular flexibility index (Phi) is 5.25. The summed E-state index contributed by atoms with van der Waals surface area (Å²) in [4.78, 5) is 16.9. The molecule has 0 spiro atoms. The number of carbonyl (C=O) groups excluding carboxylic acids is 1. The normalized spacial score (nSPS) is 27.8. The number of nitrogens with one attached hydrogen (secondary N) is 1. The smallest absolute Gasteiger partial charge is 0.223 e. The monoisotopic (exact) mass is 384 g/mol. The molecule has 1 aromatic heterocycles. The number of hydrogen-bond acceptors (Lipinski definition) is 5. The molecule has 2 fully saturated rings. The molecule has 6 heteroatoms. The molecule has 28 heavy (non-hydrogen) atoms. The van der Waals surface area contributed by atoms with Crippen LogP contribution in [0.1, 0.15) is 39.5 Å². The second kappa shape index (κ2) is 7.68. The molecule has 150 valence electrons. The van der Waals surface area contributed by atoms with E-state index in [9.17, 15) is 9.90 Å². The zero-order chi connectivity index (χ0) is 19.7. The Morgan fingerprint density at radius 1 is 1.25 bits per heavy atom. The van der Waals surface area contributed by atoms with Gasteiger partial charge in [0.2, 0.25) is 5.91 Å². The summed E-state index contributed by atoms with van der Waals surface area (Å²) in [5.41, 5.74) is 0.0166. The number of benzene rings is 1. The van der Waals surface area contributed by atoms with Gasteiger partial charge in [-0.1, -0.05) is 18.2 Å². The van der Waals surface area contributed by atoms with Crippen molar-refractivity contribution >= 4 is 16.8 Å². The van der Waals surface area contributed by atoms with Crippen molar-refractivity contribution in [2.24, 2.45) is 5.92 Å². The van der Waals surface area contributed by atoms with Crippen LogP contribution in [-0.2, 0) is 9.53 Å². The second-order valence-corrected chi connectivity index (χ2v) is 8.50. The molecule has 1 saturated carbocycles. The number of pyridine rings is 1. The third-order valence-corrected chi connectivity index (χ3v) is 5.77. The molecule has 1 aromatic carbocycles. The summed E-state index contributed by atoms with van der Waals surface area (Å²) in [6, 6.07) is 9.86. The van der Waals surface area contributed by atoms with Gasteiger partial charge < -0.3 is 19.9 Å². The fourth-order valence-electron chi connectivity index (χ4n) is 3.97. The van der Waals surface area contributed by atoms with Crippen LogP contribution in [0.3, 0.4) is 0 Å². The van der Waals surface area contributed by atoms with Crippen LogP contribution in [-0.4, -0.2) is 46.5 Å². The molecule has 2 N–H and O–H groups in total. The first-order valence-corrected chi connectivity index (χ1v) is 10.0. The van der Waals surface area contributed by atoms with E-state index in [1.165, 1.54) is 0 Å². The van der Waals surface area contributed by atoms with Crippen LogP contribution in [0.25, 0.3) is 10.9 Å². The van der Waals surface area contributed by atoms with E-state index in [0.29, 0.717) is 6.61 Å². The fraction of sp³-hybridized carbons (Fsp3) is 0.545. The molecule has 0 bridgehead atoms. The van der Waals surface area contributed by atoms with Gasteiger partial charge in [0.25, 0.3) is 0 Å². The first-order chi connectivity index (χ1) is 13.4. The summed E-state index contributed by atoms with van der Waals surface area (Å²) in [6.45, 7) is 3.97. The summed E-state index contributed by atoms with van der Waals surface area (Å²) in [5.74, 6) is 0.839. The zero-order valence-corrected chi connectivity index (χ0v) is 16.4. The number of hydrogen-bond donors (Lipinski definition) is 2. The van der Waals surface area contributed by atoms with Gasteiger partial charge in [-0.2, -0.15) is 0 Å². The van der Waals surface area contributed by atoms with Crippen LogP contribution >= 0.6 is 0 Å². The van der Waals surface area contributed by atoms with Crippen LogP contribution in [0.15, 0.2) is 36.5 Å². The number of aliphatic hydroxyl groups is 1. The maximum Gasteiger partial charge on any atom is 0.223 e. The van der Waals surface area contributed by atoms with Crippen molar-refractivity contribution in [2.75, 3.05) is 6.61 Å². The first-order valence-electron chi connectivity index (χ1n) is 10.0. The molecule has 1 amide bonds. The van der Waals surface area contributed by atoms with Crippen molar-refractivity contribution in [2.45, 2.75) is 63.4 Å². The highest BCUT2D eigenvalue weighted by molar-refractivity contribution is 5.84. The Balaban J connectivity index is 1.25. The molecule has 2 aromatic rings. The molecular weight excluding hydrogens is 356 g/mol. The molecule has 1 aliphatic carbocycles. The quantitative estimate of drug-likeness (QED) is 0.829. The maximum atomic E-state index is 12.5. The van der Waals surface area contributed by atoms with Gasteiger partial charge in [0, 0.05) is 17.5 Å². The van der Waals surface area contributed by atoms with Crippen molar-refractivity contribution < 1.29 is 19.4 Å². The third-order valence-electron chi connectivity index (χ3n) is 5.77. The zero-order valence-electron chi connectivity index (χ0n) is 16.4. The van der Waals surface area contributed by atoms with Crippen LogP contribution in [0.2, 0.25) is 0 Å². The van der Waals surface area contributed by atoms with Gasteiger partial charge in [0.15, 0.2) is 0 Å². The van der Waals surface area contributed by atoms with Gasteiger partial charge in [-0.05, 0) is 51.7 Å². The van der Waals surface area contributed by atoms with E-state index in [4.69, 9.17) is 9.47 Å². The Morgan fingerprint density at radius 2 is 2.04 bits per heavy atom. The Bertz CT molecular complexity index is 829. The lowest BCUT2D eigenvalue weighted by Crippen LogP contribution is -2.51. The van der Waals surface area contributed by atoms with E-state index in [0.717, 1.165) is 42.3 Å². The Labute approximate surface area is 165 Å². The van der Waals surface area contributed by atoms with E-state index >= 15 is 0 Å². The summed E-state index contributed by atoms with van der Waals surface area (Å²) in [5, 5.41) is 14.2. The molecule has 0 radical (unpaired) electrons. The Hall–Kier alpha value is -2.18. The predicted molar refractivity (Wildman–Crippen MR) is 106 cm³/mol. The number of aromatic nitrogens is 1. The molecule has 2 heterocycles. The van der Waals surface area contributed by atoms with Gasteiger partial charge in [0.1, 0.15) is 17.4 Å². The van der Waals surface area contributed by atoms with Crippen molar-refractivity contribution in [3.63, 3.8) is 0 Å². The SMILES string of the molecule is CC(C)(O)[C@@H]1CC[C@@H](NC(=O)C2CC(Oc3cccc4cccnc34)C2)CO1. The van der Waals surface area contributed by atoms with Crippen LogP contribution in [0, 0.1) is 5.92 Å². The van der Waals surface area contributed by atoms with E-state index in [1.807, 2.05) is 30.3 Å². The lowest BCUT2D eigenvalue weighted by Gasteiger charge is -2.38. The second-order valence-electron chi connectivity index (χ2n) is 8.50. The van der Waals surface area contributed by atoms with E-state index in [1.54, 1.807) is 20.0 Å². The molecule has 1 aliphatic heterocycles. The van der Waals surface area contributed by atoms with Gasteiger partial charge in [-0.15, -0.1) is 0 Å². The lowest BCUT2D eigenvalue weighted by atomic mass is 9.81. The van der Waals surface area contributed by atoms with E-state index in [2.05, 4.69) is 10.3 Å². The maximum absolute atomic E-state index is 12.5. The molecule has 0 unspecified atom stereocenters. The number of nitrogens with zero attached hydrogens (tertiary/aromatic N) is 1. The Morgan fingerprint density at radius 3 is 2.75 bits per heavy atom. The first kappa shape index (κ1) is 19.2. The number of amides is 1. The summed E-state index contributed by atoms with van der Waals surface area (Å²) in [7, 11) is 0. The van der Waals surface area contributed by atoms with E-state index in [-0.39, 0.29) is 30.1 Å². The molecule has 6 nitrogen and oxygen atoms in total. The van der Waals surface area contributed by atoms with Crippen molar-refractivity contribution in [3.8, 4) is 5.75 Å². The van der Waals surface area contributed by atoms with Crippen molar-refractivity contribution in [1.82, 2.24) is 10.3 Å². The van der Waals surface area contributed by atoms with Crippen LogP contribution in [0.4, 0.5) is 0 Å². The molecule has 1 saturated heterocycles. The van der Waals surface area contributed by atoms with Gasteiger partial charge in [-0.25, -0.2) is 0 Å². The summed E-state index contributed by atoms with van der Waals surface area (Å²) < 4.78 is 11.8. The minimum absolute atomic E-state index is 0.0139. The van der Waals surface area contributed by atoms with Gasteiger partial charge in [0.05, 0.1) is 24.4 Å². The number of rotatable bonds is 5. The van der Waals surface area contributed by atoms with Gasteiger partial charge >= 0.3 is 0 Å². The number of fused-ring (bicyclic) bond motifs is 1. The highest BCUT2D eigenvalue weighted by Gasteiger charge is 2.38. The summed E-state index contributed by atoms with van der Waals surface area (Å²) >= 11 is 0. The minimum Gasteiger partial charge on any atom is -0.488 e. The molecular formula is C22H28N2O4. The molecule has 2 atom stereocenters. The standard InChI is InChI=1S/C22H28N2O4/c1-22(2,26)19-9-8-16(13-27-19)24-21(25)15-11-17(12-15)28-18-7-3-5-14-6-4-10-23-20(14)18/h3-7,10,15-17,19,26H,8-9,11-13H2,1-2H3,(H,24,25)/t15?,16-,17?,19+/m1/s1. The number of para-hydroxylation sites is 1. The minimum atomic E-state index is -0.843. The third kappa shape index (κ3) is 4.13. The largest absolute Gasteiger partial charge is 0.488 e.